The van der Waals surface area contributed by atoms with Gasteiger partial charge in [0.1, 0.15) is 27.7 Å². The highest BCUT2D eigenvalue weighted by atomic mass is 35.5. The Morgan fingerprint density at radius 2 is 1.96 bits per heavy atom. The summed E-state index contributed by atoms with van der Waals surface area (Å²) in [6.45, 7) is 2.30. The molecule has 0 aliphatic carbocycles. The molecule has 1 atom stereocenters. The molecule has 7 nitrogen and oxygen atoms in total. The minimum absolute atomic E-state index is 0.0554. The molecule has 144 valence electrons. The number of aromatic nitrogens is 3. The molecule has 2 heterocycles. The van der Waals surface area contributed by atoms with Gasteiger partial charge in [-0.3, -0.25) is 9.59 Å². The zero-order valence-electron chi connectivity index (χ0n) is 15.1. The summed E-state index contributed by atoms with van der Waals surface area (Å²) in [5.74, 6) is -0.575. The first kappa shape index (κ1) is 19.9. The maximum absolute atomic E-state index is 12.5. The second kappa shape index (κ2) is 8.90. The fraction of sp³-hybridized carbons (Fsp3) is 0.211. The summed E-state index contributed by atoms with van der Waals surface area (Å²) in [5, 5.41) is 3.61. The van der Waals surface area contributed by atoms with Crippen LogP contribution in [-0.2, 0) is 6.54 Å². The zero-order valence-corrected chi connectivity index (χ0v) is 16.6. The Bertz CT molecular complexity index is 993. The molecule has 0 radical (unpaired) electrons. The van der Waals surface area contributed by atoms with Crippen LogP contribution >= 0.6 is 22.9 Å². The van der Waals surface area contributed by atoms with Gasteiger partial charge < -0.3 is 11.1 Å². The summed E-state index contributed by atoms with van der Waals surface area (Å²) in [5.41, 5.74) is 6.73. The van der Waals surface area contributed by atoms with Crippen LogP contribution in [0.3, 0.4) is 0 Å². The summed E-state index contributed by atoms with van der Waals surface area (Å²) in [7, 11) is 0. The number of hydrogen-bond acceptors (Lipinski definition) is 7. The molecule has 3 N–H and O–H groups in total. The van der Waals surface area contributed by atoms with Crippen molar-refractivity contribution in [2.45, 2.75) is 25.8 Å². The molecule has 0 spiro atoms. The number of carbonyl (C=O) groups is 2. The van der Waals surface area contributed by atoms with Crippen LogP contribution in [0.25, 0.3) is 0 Å². The number of nitrogen functional groups attached to an aromatic ring is 1. The van der Waals surface area contributed by atoms with E-state index in [9.17, 15) is 9.59 Å². The summed E-state index contributed by atoms with van der Waals surface area (Å²) < 4.78 is 0. The number of hydrogen-bond donors (Lipinski definition) is 2. The number of benzene rings is 1. The molecule has 0 bridgehead atoms. The van der Waals surface area contributed by atoms with Crippen molar-refractivity contribution in [2.24, 2.45) is 0 Å². The number of carbonyl (C=O) groups excluding carboxylic acids is 2. The molecule has 0 aliphatic heterocycles. The summed E-state index contributed by atoms with van der Waals surface area (Å²) in [6, 6.07) is 9.64. The second-order valence-corrected chi connectivity index (χ2v) is 7.62. The predicted octanol–water partition coefficient (Wildman–Crippen LogP) is 3.48. The van der Waals surface area contributed by atoms with E-state index in [0.29, 0.717) is 16.4 Å². The van der Waals surface area contributed by atoms with Crippen LogP contribution in [0, 0.1) is 0 Å². The van der Waals surface area contributed by atoms with E-state index in [4.69, 9.17) is 17.3 Å². The molecule has 2 aromatic heterocycles. The van der Waals surface area contributed by atoms with Crippen LogP contribution < -0.4 is 11.1 Å². The van der Waals surface area contributed by atoms with Gasteiger partial charge in [0.2, 0.25) is 0 Å². The SMILES string of the molecule is CC(CC(=O)c1ncnc(N)c1Cl)c1ncc(C(=O)NCc2ccccc2)s1. The van der Waals surface area contributed by atoms with Crippen LogP contribution in [0.15, 0.2) is 42.9 Å². The molecule has 1 unspecified atom stereocenters. The lowest BCUT2D eigenvalue weighted by Crippen LogP contribution is -2.21. The predicted molar refractivity (Wildman–Crippen MR) is 109 cm³/mol. The highest BCUT2D eigenvalue weighted by Crippen LogP contribution is 2.28. The number of Topliss-reactive ketones (excluding diaryl/α,β-unsaturated/α-hetero) is 1. The van der Waals surface area contributed by atoms with Gasteiger partial charge in [-0.2, -0.15) is 0 Å². The van der Waals surface area contributed by atoms with E-state index in [1.165, 1.54) is 23.9 Å². The topological polar surface area (TPSA) is 111 Å². The maximum atomic E-state index is 12.5. The third-order valence-corrected chi connectivity index (χ3v) is 5.64. The highest BCUT2D eigenvalue weighted by Gasteiger charge is 2.21. The number of nitrogens with zero attached hydrogens (tertiary/aromatic N) is 3. The molecule has 1 amide bonds. The molecule has 3 rings (SSSR count). The lowest BCUT2D eigenvalue weighted by Gasteiger charge is -2.08. The summed E-state index contributed by atoms with van der Waals surface area (Å²) >= 11 is 7.27. The Morgan fingerprint density at radius 3 is 2.71 bits per heavy atom. The fourth-order valence-electron chi connectivity index (χ4n) is 2.53. The Hall–Kier alpha value is -2.84. The Kier molecular flexibility index (Phi) is 6.33. The standard InChI is InChI=1S/C19H18ClN5O2S/c1-11(7-13(26)16-15(20)17(21)25-10-24-16)19-23-9-14(28-19)18(27)22-8-12-5-3-2-4-6-12/h2-6,9-11H,7-8H2,1H3,(H,22,27)(H2,21,24,25). The molecule has 9 heteroatoms. The van der Waals surface area contributed by atoms with Gasteiger partial charge in [0.15, 0.2) is 5.78 Å². The highest BCUT2D eigenvalue weighted by molar-refractivity contribution is 7.13. The fourth-order valence-corrected chi connectivity index (χ4v) is 3.61. The van der Waals surface area contributed by atoms with Crippen LogP contribution in [0.2, 0.25) is 5.02 Å². The minimum Gasteiger partial charge on any atom is -0.382 e. The minimum atomic E-state index is -0.253. The van der Waals surface area contributed by atoms with Crippen molar-refractivity contribution in [2.75, 3.05) is 5.73 Å². The van der Waals surface area contributed by atoms with Crippen molar-refractivity contribution in [3.63, 3.8) is 0 Å². The molecule has 0 saturated heterocycles. The normalized spacial score (nSPS) is 11.8. The number of amides is 1. The average Bonchev–Trinajstić information content (AvgIpc) is 3.19. The third kappa shape index (κ3) is 4.71. The van der Waals surface area contributed by atoms with E-state index in [0.717, 1.165) is 5.56 Å². The van der Waals surface area contributed by atoms with Gasteiger partial charge >= 0.3 is 0 Å². The van der Waals surface area contributed by atoms with Gasteiger partial charge in [0.25, 0.3) is 5.91 Å². The lowest BCUT2D eigenvalue weighted by molar-refractivity contribution is 0.0951. The van der Waals surface area contributed by atoms with Crippen molar-refractivity contribution >= 4 is 40.4 Å². The van der Waals surface area contributed by atoms with Gasteiger partial charge in [-0.05, 0) is 5.56 Å². The first-order chi connectivity index (χ1) is 13.5. The first-order valence-corrected chi connectivity index (χ1v) is 9.72. The van der Waals surface area contributed by atoms with E-state index >= 15 is 0 Å². The Labute approximate surface area is 171 Å². The van der Waals surface area contributed by atoms with Crippen LogP contribution in [0.5, 0.6) is 0 Å². The largest absolute Gasteiger partial charge is 0.382 e. The maximum Gasteiger partial charge on any atom is 0.263 e. The van der Waals surface area contributed by atoms with Gasteiger partial charge in [-0.15, -0.1) is 11.3 Å². The number of thiazole rings is 1. The molecule has 3 aromatic rings. The number of nitrogens with one attached hydrogen (secondary N) is 1. The van der Waals surface area contributed by atoms with Crippen molar-refractivity contribution in [1.82, 2.24) is 20.3 Å². The molecule has 0 saturated carbocycles. The van der Waals surface area contributed by atoms with Gasteiger partial charge in [0.05, 0.1) is 11.2 Å². The molecule has 28 heavy (non-hydrogen) atoms. The van der Waals surface area contributed by atoms with Crippen LogP contribution in [-0.4, -0.2) is 26.6 Å². The smallest absolute Gasteiger partial charge is 0.263 e. The number of rotatable bonds is 7. The summed E-state index contributed by atoms with van der Waals surface area (Å²) in [4.78, 5) is 37.2. The van der Waals surface area contributed by atoms with Crippen molar-refractivity contribution in [3.05, 3.63) is 69.0 Å². The van der Waals surface area contributed by atoms with E-state index in [2.05, 4.69) is 20.3 Å². The first-order valence-electron chi connectivity index (χ1n) is 8.52. The molecular formula is C19H18ClN5O2S. The monoisotopic (exact) mass is 415 g/mol. The van der Waals surface area contributed by atoms with Crippen molar-refractivity contribution in [3.8, 4) is 0 Å². The molecule has 0 fully saturated rings. The second-order valence-electron chi connectivity index (χ2n) is 6.18. The van der Waals surface area contributed by atoms with Crippen LogP contribution in [0.4, 0.5) is 5.82 Å². The molecule has 0 aliphatic rings. The average molecular weight is 416 g/mol. The van der Waals surface area contributed by atoms with E-state index in [-0.39, 0.29) is 40.6 Å². The Morgan fingerprint density at radius 1 is 1.21 bits per heavy atom. The zero-order chi connectivity index (χ0) is 20.1. The van der Waals surface area contributed by atoms with Gasteiger partial charge in [-0.1, -0.05) is 48.9 Å². The quantitative estimate of drug-likeness (QED) is 0.571. The van der Waals surface area contributed by atoms with Crippen molar-refractivity contribution in [1.29, 1.82) is 0 Å². The van der Waals surface area contributed by atoms with E-state index in [1.807, 2.05) is 37.3 Å². The third-order valence-electron chi connectivity index (χ3n) is 4.04. The number of nitrogens with two attached hydrogens (primary N) is 1. The van der Waals surface area contributed by atoms with Gasteiger partial charge in [-0.25, -0.2) is 15.0 Å². The lowest BCUT2D eigenvalue weighted by atomic mass is 10.0. The van der Waals surface area contributed by atoms with E-state index in [1.54, 1.807) is 0 Å². The number of ketones is 1. The molecule has 1 aromatic carbocycles. The Balaban J connectivity index is 1.61. The van der Waals surface area contributed by atoms with E-state index < -0.39 is 0 Å². The van der Waals surface area contributed by atoms with Crippen molar-refractivity contribution < 1.29 is 9.59 Å². The number of anilines is 1. The van der Waals surface area contributed by atoms with Crippen LogP contribution in [0.1, 0.15) is 50.0 Å². The summed E-state index contributed by atoms with van der Waals surface area (Å²) in [6.07, 6.45) is 2.88. The van der Waals surface area contributed by atoms with Gasteiger partial charge in [0, 0.05) is 18.9 Å². The number of halogens is 1. The molecular weight excluding hydrogens is 398 g/mol.